The van der Waals surface area contributed by atoms with Crippen molar-refractivity contribution in [3.8, 4) is 5.75 Å². The average molecular weight is 251 g/mol. The number of hydrogen-bond donors (Lipinski definition) is 1. The van der Waals surface area contributed by atoms with Crippen LogP contribution in [0, 0.1) is 0 Å². The molecule has 1 aromatic carbocycles. The summed E-state index contributed by atoms with van der Waals surface area (Å²) in [6, 6.07) is 7.11. The van der Waals surface area contributed by atoms with Gasteiger partial charge in [-0.1, -0.05) is 12.1 Å². The van der Waals surface area contributed by atoms with Gasteiger partial charge in [0.1, 0.15) is 0 Å². The molecule has 1 saturated heterocycles. The largest absolute Gasteiger partial charge is 1.00 e. The number of hydrogen-bond acceptors (Lipinski definition) is 4. The molecule has 0 bridgehead atoms. The van der Waals surface area contributed by atoms with Gasteiger partial charge in [-0.3, -0.25) is 4.98 Å². The Morgan fingerprint density at radius 1 is 1.17 bits per heavy atom. The maximum absolute atomic E-state index is 11.3. The van der Waals surface area contributed by atoms with Gasteiger partial charge in [-0.25, -0.2) is 0 Å². The van der Waals surface area contributed by atoms with Crippen molar-refractivity contribution in [1.82, 2.24) is 10.3 Å². The van der Waals surface area contributed by atoms with Crippen LogP contribution in [0.3, 0.4) is 0 Å². The van der Waals surface area contributed by atoms with Gasteiger partial charge in [0.2, 0.25) is 0 Å². The van der Waals surface area contributed by atoms with Crippen LogP contribution >= 0.6 is 0 Å². The second-order valence-electron chi connectivity index (χ2n) is 4.25. The van der Waals surface area contributed by atoms with E-state index in [9.17, 15) is 5.11 Å². The molecule has 1 fully saturated rings. The maximum Gasteiger partial charge on any atom is 1.00 e. The minimum atomic E-state index is 0. The molecule has 0 saturated carbocycles. The summed E-state index contributed by atoms with van der Waals surface area (Å²) in [4.78, 5) is 6.59. The Morgan fingerprint density at radius 3 is 2.72 bits per heavy atom. The minimum Gasteiger partial charge on any atom is -0.872 e. The first-order chi connectivity index (χ1) is 8.34. The Labute approximate surface area is 128 Å². The van der Waals surface area contributed by atoms with E-state index in [2.05, 4.69) is 15.2 Å². The van der Waals surface area contributed by atoms with Gasteiger partial charge in [-0.15, -0.1) is 5.75 Å². The summed E-state index contributed by atoms with van der Waals surface area (Å²) >= 11 is 0. The molecule has 1 aliphatic rings. The van der Waals surface area contributed by atoms with Crippen molar-refractivity contribution in [2.24, 2.45) is 0 Å². The van der Waals surface area contributed by atoms with Gasteiger partial charge in [0.15, 0.2) is 0 Å². The maximum atomic E-state index is 11.3. The first kappa shape index (κ1) is 13.6. The molecule has 0 aliphatic carbocycles. The van der Waals surface area contributed by atoms with Crippen LogP contribution in [0.2, 0.25) is 0 Å². The zero-order valence-electron chi connectivity index (χ0n) is 10.5. The molecule has 1 aromatic heterocycles. The number of nitrogens with one attached hydrogen (secondary N) is 1. The van der Waals surface area contributed by atoms with E-state index in [-0.39, 0.29) is 35.3 Å². The van der Waals surface area contributed by atoms with Crippen LogP contribution in [-0.4, -0.2) is 31.2 Å². The number of pyridine rings is 1. The van der Waals surface area contributed by atoms with Crippen molar-refractivity contribution >= 4 is 16.6 Å². The van der Waals surface area contributed by atoms with E-state index >= 15 is 0 Å². The predicted octanol–water partition coefficient (Wildman–Crippen LogP) is -2.28. The van der Waals surface area contributed by atoms with Crippen molar-refractivity contribution in [3.05, 3.63) is 30.5 Å². The zero-order valence-corrected chi connectivity index (χ0v) is 12.5. The summed E-state index contributed by atoms with van der Waals surface area (Å²) in [6.07, 6.45) is 1.78. The van der Waals surface area contributed by atoms with Crippen LogP contribution in [0.5, 0.6) is 5.75 Å². The molecule has 1 aliphatic heterocycles. The van der Waals surface area contributed by atoms with Crippen molar-refractivity contribution in [2.45, 2.75) is 0 Å². The summed E-state index contributed by atoms with van der Waals surface area (Å²) in [6.45, 7) is 4.00. The number of anilines is 1. The fourth-order valence-corrected chi connectivity index (χ4v) is 2.29. The minimum absolute atomic E-state index is 0. The second kappa shape index (κ2) is 5.89. The van der Waals surface area contributed by atoms with Gasteiger partial charge in [-0.05, 0) is 12.1 Å². The summed E-state index contributed by atoms with van der Waals surface area (Å²) in [7, 11) is 0. The number of nitrogens with zero attached hydrogens (tertiary/aromatic N) is 2. The summed E-state index contributed by atoms with van der Waals surface area (Å²) in [5.41, 5.74) is 1.96. The van der Waals surface area contributed by atoms with Gasteiger partial charge in [0.25, 0.3) is 0 Å². The monoisotopic (exact) mass is 251 g/mol. The Kier molecular flexibility index (Phi) is 4.45. The molecule has 88 valence electrons. The Hall–Kier alpha value is -0.810. The normalized spacial score (nSPS) is 15.4. The first-order valence-electron chi connectivity index (χ1n) is 5.86. The molecular weight excluding hydrogens is 237 g/mol. The van der Waals surface area contributed by atoms with E-state index in [4.69, 9.17) is 0 Å². The van der Waals surface area contributed by atoms with Crippen LogP contribution < -0.4 is 44.9 Å². The third-order valence-corrected chi connectivity index (χ3v) is 3.15. The number of benzene rings is 1. The molecule has 1 N–H and O–H groups in total. The van der Waals surface area contributed by atoms with Gasteiger partial charge < -0.3 is 15.3 Å². The summed E-state index contributed by atoms with van der Waals surface area (Å²) in [5, 5.41) is 15.7. The van der Waals surface area contributed by atoms with E-state index in [1.165, 1.54) is 5.69 Å². The topological polar surface area (TPSA) is 51.2 Å². The number of aromatic nitrogens is 1. The van der Waals surface area contributed by atoms with Crippen molar-refractivity contribution in [3.63, 3.8) is 0 Å². The van der Waals surface area contributed by atoms with Crippen LogP contribution in [0.1, 0.15) is 0 Å². The fourth-order valence-electron chi connectivity index (χ4n) is 2.29. The first-order valence-corrected chi connectivity index (χ1v) is 5.86. The van der Waals surface area contributed by atoms with Gasteiger partial charge in [0.05, 0.1) is 5.52 Å². The predicted molar refractivity (Wildman–Crippen MR) is 66.3 cm³/mol. The van der Waals surface area contributed by atoms with E-state index < -0.39 is 0 Å². The van der Waals surface area contributed by atoms with E-state index in [0.717, 1.165) is 37.1 Å². The Morgan fingerprint density at radius 2 is 1.94 bits per heavy atom. The average Bonchev–Trinajstić information content (AvgIpc) is 2.39. The quantitative estimate of drug-likeness (QED) is 0.580. The Balaban J connectivity index is 0.00000120. The van der Waals surface area contributed by atoms with Crippen LogP contribution in [0.4, 0.5) is 5.69 Å². The van der Waals surface area contributed by atoms with Crippen LogP contribution in [-0.2, 0) is 0 Å². The van der Waals surface area contributed by atoms with E-state index in [1.54, 1.807) is 18.3 Å². The number of piperazine rings is 1. The van der Waals surface area contributed by atoms with Crippen molar-refractivity contribution < 1.29 is 34.7 Å². The van der Waals surface area contributed by atoms with E-state index in [1.807, 2.05) is 12.1 Å². The smallest absolute Gasteiger partial charge is 0.872 e. The van der Waals surface area contributed by atoms with E-state index in [0.29, 0.717) is 0 Å². The van der Waals surface area contributed by atoms with Crippen LogP contribution in [0.25, 0.3) is 10.9 Å². The molecule has 0 atom stereocenters. The molecule has 18 heavy (non-hydrogen) atoms. The molecule has 0 unspecified atom stereocenters. The summed E-state index contributed by atoms with van der Waals surface area (Å²) in [5.74, 6) is 0.0162. The molecule has 3 rings (SSSR count). The SMILES string of the molecule is [Na+].[O-]c1ccc2c(N3CCNCC3)ccnc2c1. The molecule has 2 heterocycles. The molecule has 0 radical (unpaired) electrons. The fraction of sp³-hybridized carbons (Fsp3) is 0.308. The zero-order chi connectivity index (χ0) is 11.7. The van der Waals surface area contributed by atoms with Gasteiger partial charge in [0, 0.05) is 43.4 Å². The molecule has 5 heteroatoms. The standard InChI is InChI=1S/C13H15N3O.Na/c17-10-1-2-11-12(9-10)15-4-3-13(11)16-7-5-14-6-8-16;/h1-4,9,14,17H,5-8H2;/q;+1/p-1. The molecule has 0 amide bonds. The molecular formula is C13H14N3NaO. The Bertz CT molecular complexity index is 541. The van der Waals surface area contributed by atoms with Gasteiger partial charge >= 0.3 is 29.6 Å². The van der Waals surface area contributed by atoms with Gasteiger partial charge in [-0.2, -0.15) is 0 Å². The number of fused-ring (bicyclic) bond motifs is 1. The molecule has 0 spiro atoms. The van der Waals surface area contributed by atoms with Crippen molar-refractivity contribution in [2.75, 3.05) is 31.1 Å². The third kappa shape index (κ3) is 2.62. The molecule has 4 nitrogen and oxygen atoms in total. The summed E-state index contributed by atoms with van der Waals surface area (Å²) < 4.78 is 0. The second-order valence-corrected chi connectivity index (χ2v) is 4.25. The number of rotatable bonds is 1. The van der Waals surface area contributed by atoms with Crippen molar-refractivity contribution in [1.29, 1.82) is 0 Å². The third-order valence-electron chi connectivity index (χ3n) is 3.15. The van der Waals surface area contributed by atoms with Crippen LogP contribution in [0.15, 0.2) is 30.5 Å². The molecule has 2 aromatic rings.